The van der Waals surface area contributed by atoms with E-state index in [0.717, 1.165) is 94.8 Å². The summed E-state index contributed by atoms with van der Waals surface area (Å²) in [5, 5.41) is 9.74. The van der Waals surface area contributed by atoms with Crippen LogP contribution in [-0.4, -0.2) is 35.8 Å². The molecule has 3 amide bonds. The van der Waals surface area contributed by atoms with Crippen LogP contribution in [0.15, 0.2) is 18.2 Å². The van der Waals surface area contributed by atoms with Crippen LogP contribution in [0.1, 0.15) is 187 Å². The molecule has 6 nitrogen and oxygen atoms in total. The SMILES string of the molecule is CCCCC1CCC(NC(=O)c2cc(C(=O)NC3CCC(CCCC)CC3)cc(C(=O)NC3CCC(CCCC)CC3)c2)CC1. The van der Waals surface area contributed by atoms with Gasteiger partial charge in [0.2, 0.25) is 0 Å². The molecular weight excluding hydrogens is 558 g/mol. The molecule has 1 aromatic carbocycles. The summed E-state index contributed by atoms with van der Waals surface area (Å²) < 4.78 is 0. The molecule has 0 heterocycles. The van der Waals surface area contributed by atoms with Gasteiger partial charge in [0.25, 0.3) is 17.7 Å². The zero-order valence-electron chi connectivity index (χ0n) is 28.8. The van der Waals surface area contributed by atoms with Crippen LogP contribution < -0.4 is 16.0 Å². The summed E-state index contributed by atoms with van der Waals surface area (Å²) in [6, 6.07) is 5.53. The minimum absolute atomic E-state index is 0.149. The van der Waals surface area contributed by atoms with E-state index in [4.69, 9.17) is 0 Å². The molecule has 3 aliphatic carbocycles. The molecule has 6 heteroatoms. The highest BCUT2D eigenvalue weighted by Gasteiger charge is 2.27. The standard InChI is InChI=1S/C39H63N3O3/c1-4-7-10-28-13-19-34(20-14-28)40-37(43)31-25-32(38(44)41-35-21-15-29(16-22-35)11-8-5-2)27-33(26-31)39(45)42-36-23-17-30(18-24-36)12-9-6-3/h25-30,34-36H,4-24H2,1-3H3,(H,40,43)(H,41,44)(H,42,45). The number of carbonyl (C=O) groups excluding carboxylic acids is 3. The predicted octanol–water partition coefficient (Wildman–Crippen LogP) is 9.12. The fourth-order valence-corrected chi connectivity index (χ4v) is 8.09. The van der Waals surface area contributed by atoms with Crippen LogP contribution in [0.3, 0.4) is 0 Å². The quantitative estimate of drug-likeness (QED) is 0.183. The van der Waals surface area contributed by atoms with Gasteiger partial charge in [-0.05, 0) is 113 Å². The minimum Gasteiger partial charge on any atom is -0.349 e. The predicted molar refractivity (Wildman–Crippen MR) is 185 cm³/mol. The van der Waals surface area contributed by atoms with Gasteiger partial charge in [0.05, 0.1) is 0 Å². The smallest absolute Gasteiger partial charge is 0.251 e. The van der Waals surface area contributed by atoms with Crippen LogP contribution in [0, 0.1) is 17.8 Å². The summed E-state index contributed by atoms with van der Waals surface area (Å²) in [5.74, 6) is 1.77. The van der Waals surface area contributed by atoms with Gasteiger partial charge in [-0.15, -0.1) is 0 Å². The van der Waals surface area contributed by atoms with E-state index in [1.165, 1.54) is 57.8 Å². The molecule has 0 aromatic heterocycles. The Hall–Kier alpha value is -2.37. The molecule has 0 atom stereocenters. The van der Waals surface area contributed by atoms with Crippen molar-refractivity contribution in [2.24, 2.45) is 17.8 Å². The zero-order chi connectivity index (χ0) is 32.0. The average molecular weight is 622 g/mol. The van der Waals surface area contributed by atoms with Gasteiger partial charge < -0.3 is 16.0 Å². The van der Waals surface area contributed by atoms with Gasteiger partial charge in [-0.3, -0.25) is 14.4 Å². The van der Waals surface area contributed by atoms with Crippen LogP contribution in [0.4, 0.5) is 0 Å². The lowest BCUT2D eigenvalue weighted by Crippen LogP contribution is -2.40. The van der Waals surface area contributed by atoms with Crippen molar-refractivity contribution < 1.29 is 14.4 Å². The summed E-state index contributed by atoms with van der Waals surface area (Å²) in [6.07, 6.45) is 24.3. The highest BCUT2D eigenvalue weighted by molar-refractivity contribution is 6.04. The van der Waals surface area contributed by atoms with Crippen LogP contribution in [0.25, 0.3) is 0 Å². The van der Waals surface area contributed by atoms with E-state index in [1.54, 1.807) is 18.2 Å². The van der Waals surface area contributed by atoms with Crippen molar-refractivity contribution in [1.82, 2.24) is 16.0 Å². The second-order valence-corrected chi connectivity index (χ2v) is 14.8. The molecule has 0 aliphatic heterocycles. The van der Waals surface area contributed by atoms with Crippen LogP contribution >= 0.6 is 0 Å². The lowest BCUT2D eigenvalue weighted by Gasteiger charge is -2.30. The summed E-state index contributed by atoms with van der Waals surface area (Å²) in [5.41, 5.74) is 1.23. The number of unbranched alkanes of at least 4 members (excludes halogenated alkanes) is 3. The fourth-order valence-electron chi connectivity index (χ4n) is 8.09. The second-order valence-electron chi connectivity index (χ2n) is 14.8. The van der Waals surface area contributed by atoms with E-state index >= 15 is 0 Å². The second kappa shape index (κ2) is 18.7. The Balaban J connectivity index is 1.41. The normalized spacial score (nSPS) is 27.0. The molecule has 4 rings (SSSR count). The molecule has 1 aromatic rings. The van der Waals surface area contributed by atoms with E-state index < -0.39 is 0 Å². The number of carbonyl (C=O) groups is 3. The van der Waals surface area contributed by atoms with Gasteiger partial charge in [-0.1, -0.05) is 78.6 Å². The fraction of sp³-hybridized carbons (Fsp3) is 0.769. The lowest BCUT2D eigenvalue weighted by molar-refractivity contribution is 0.0920. The first-order valence-electron chi connectivity index (χ1n) is 19.0. The van der Waals surface area contributed by atoms with Crippen molar-refractivity contribution in [3.05, 3.63) is 34.9 Å². The molecule has 252 valence electrons. The van der Waals surface area contributed by atoms with Crippen molar-refractivity contribution in [3.63, 3.8) is 0 Å². The molecule has 3 fully saturated rings. The van der Waals surface area contributed by atoms with Gasteiger partial charge in [0.15, 0.2) is 0 Å². The van der Waals surface area contributed by atoms with Gasteiger partial charge in [0.1, 0.15) is 0 Å². The number of hydrogen-bond donors (Lipinski definition) is 3. The van der Waals surface area contributed by atoms with E-state index in [9.17, 15) is 14.4 Å². The van der Waals surface area contributed by atoms with E-state index in [2.05, 4.69) is 36.7 Å². The molecule has 3 N–H and O–H groups in total. The molecule has 0 bridgehead atoms. The Bertz CT molecular complexity index is 918. The van der Waals surface area contributed by atoms with Gasteiger partial charge in [-0.2, -0.15) is 0 Å². The van der Waals surface area contributed by atoms with E-state index in [0.29, 0.717) is 16.7 Å². The van der Waals surface area contributed by atoms with Crippen molar-refractivity contribution in [2.75, 3.05) is 0 Å². The molecule has 45 heavy (non-hydrogen) atoms. The third kappa shape index (κ3) is 11.4. The lowest BCUT2D eigenvalue weighted by atomic mass is 9.83. The number of hydrogen-bond acceptors (Lipinski definition) is 3. The Morgan fingerprint density at radius 3 is 0.933 bits per heavy atom. The maximum atomic E-state index is 13.6. The summed E-state index contributed by atoms with van der Waals surface area (Å²) in [7, 11) is 0. The monoisotopic (exact) mass is 621 g/mol. The maximum absolute atomic E-state index is 13.6. The molecule has 0 saturated heterocycles. The number of amides is 3. The van der Waals surface area contributed by atoms with Crippen LogP contribution in [-0.2, 0) is 0 Å². The summed E-state index contributed by atoms with van der Waals surface area (Å²) >= 11 is 0. The largest absolute Gasteiger partial charge is 0.349 e. The van der Waals surface area contributed by atoms with Crippen molar-refractivity contribution in [2.45, 2.75) is 174 Å². The Morgan fingerprint density at radius 2 is 0.711 bits per heavy atom. The van der Waals surface area contributed by atoms with Gasteiger partial charge in [-0.25, -0.2) is 0 Å². The Morgan fingerprint density at radius 1 is 0.467 bits per heavy atom. The summed E-state index contributed by atoms with van der Waals surface area (Å²) in [6.45, 7) is 6.73. The van der Waals surface area contributed by atoms with Crippen molar-refractivity contribution in [1.29, 1.82) is 0 Å². The van der Waals surface area contributed by atoms with Crippen LogP contribution in [0.2, 0.25) is 0 Å². The highest BCUT2D eigenvalue weighted by Crippen LogP contribution is 2.31. The van der Waals surface area contributed by atoms with Gasteiger partial charge in [0, 0.05) is 34.8 Å². The third-order valence-electron chi connectivity index (χ3n) is 11.2. The third-order valence-corrected chi connectivity index (χ3v) is 11.2. The zero-order valence-corrected chi connectivity index (χ0v) is 28.8. The topological polar surface area (TPSA) is 87.3 Å². The molecule has 3 saturated carbocycles. The van der Waals surface area contributed by atoms with Crippen molar-refractivity contribution >= 4 is 17.7 Å². The first kappa shape index (κ1) is 35.5. The molecule has 3 aliphatic rings. The van der Waals surface area contributed by atoms with E-state index in [1.807, 2.05) is 0 Å². The molecular formula is C39H63N3O3. The highest BCUT2D eigenvalue weighted by atomic mass is 16.2. The van der Waals surface area contributed by atoms with Crippen molar-refractivity contribution in [3.8, 4) is 0 Å². The Labute approximate surface area is 274 Å². The van der Waals surface area contributed by atoms with E-state index in [-0.39, 0.29) is 35.8 Å². The maximum Gasteiger partial charge on any atom is 0.251 e. The average Bonchev–Trinajstić information content (AvgIpc) is 3.07. The molecule has 0 unspecified atom stereocenters. The minimum atomic E-state index is -0.177. The Kier molecular flexibility index (Phi) is 14.7. The number of nitrogens with one attached hydrogen (secondary N) is 3. The van der Waals surface area contributed by atoms with Gasteiger partial charge >= 0.3 is 0 Å². The first-order valence-corrected chi connectivity index (χ1v) is 19.0. The number of benzene rings is 1. The molecule has 0 radical (unpaired) electrons. The number of rotatable bonds is 15. The van der Waals surface area contributed by atoms with Crippen LogP contribution in [0.5, 0.6) is 0 Å². The molecule has 0 spiro atoms. The first-order chi connectivity index (χ1) is 21.9. The summed E-state index contributed by atoms with van der Waals surface area (Å²) in [4.78, 5) is 40.7.